The van der Waals surface area contributed by atoms with Gasteiger partial charge in [0, 0.05) is 18.8 Å². The summed E-state index contributed by atoms with van der Waals surface area (Å²) in [6, 6.07) is 6.11. The fourth-order valence-corrected chi connectivity index (χ4v) is 2.61. The molecule has 0 aliphatic rings. The third-order valence-corrected chi connectivity index (χ3v) is 4.07. The molecule has 9 heteroatoms. The van der Waals surface area contributed by atoms with E-state index >= 15 is 0 Å². The van der Waals surface area contributed by atoms with Crippen LogP contribution in [0.5, 0.6) is 0 Å². The molecule has 0 saturated carbocycles. The van der Waals surface area contributed by atoms with Crippen molar-refractivity contribution in [2.75, 3.05) is 25.0 Å². The lowest BCUT2D eigenvalue weighted by molar-refractivity contribution is 0.0526. The number of urea groups is 1. The zero-order valence-corrected chi connectivity index (χ0v) is 17.6. The zero-order valence-electron chi connectivity index (χ0n) is 17.6. The highest BCUT2D eigenvalue weighted by atomic mass is 16.5. The Morgan fingerprint density at radius 1 is 1.10 bits per heavy atom. The van der Waals surface area contributed by atoms with E-state index < -0.39 is 5.97 Å². The molecule has 9 nitrogen and oxygen atoms in total. The van der Waals surface area contributed by atoms with Gasteiger partial charge in [-0.05, 0) is 44.0 Å². The van der Waals surface area contributed by atoms with Crippen LogP contribution in [0.4, 0.5) is 10.5 Å². The Morgan fingerprint density at radius 3 is 2.47 bits per heavy atom. The maximum Gasteiger partial charge on any atom is 0.338 e. The molecule has 30 heavy (non-hydrogen) atoms. The average molecular weight is 416 g/mol. The van der Waals surface area contributed by atoms with Gasteiger partial charge in [-0.15, -0.1) is 0 Å². The van der Waals surface area contributed by atoms with Crippen LogP contribution in [0, 0.1) is 0 Å². The predicted octanol–water partition coefficient (Wildman–Crippen LogP) is 3.44. The number of aromatic nitrogens is 1. The molecular formula is C21H28N4O5. The SMILES string of the molecule is CCCNC(=O)c1coc(CN(CCC)C(=O)Nc2ccc(C(=O)OCC)cc2)n1. The van der Waals surface area contributed by atoms with E-state index in [4.69, 9.17) is 9.15 Å². The van der Waals surface area contributed by atoms with Gasteiger partial charge in [0.2, 0.25) is 5.89 Å². The van der Waals surface area contributed by atoms with Gasteiger partial charge in [0.1, 0.15) is 6.26 Å². The molecule has 0 radical (unpaired) electrons. The first-order valence-electron chi connectivity index (χ1n) is 10.0. The summed E-state index contributed by atoms with van der Waals surface area (Å²) in [5, 5.41) is 5.52. The summed E-state index contributed by atoms with van der Waals surface area (Å²) < 4.78 is 10.3. The van der Waals surface area contributed by atoms with Crippen molar-refractivity contribution in [3.63, 3.8) is 0 Å². The number of amides is 3. The highest BCUT2D eigenvalue weighted by molar-refractivity contribution is 5.93. The monoisotopic (exact) mass is 416 g/mol. The van der Waals surface area contributed by atoms with Crippen molar-refractivity contribution >= 4 is 23.6 Å². The van der Waals surface area contributed by atoms with E-state index in [0.29, 0.717) is 30.9 Å². The molecule has 0 bridgehead atoms. The molecule has 1 aromatic carbocycles. The van der Waals surface area contributed by atoms with Gasteiger partial charge in [-0.3, -0.25) is 4.79 Å². The van der Waals surface area contributed by atoms with Gasteiger partial charge >= 0.3 is 12.0 Å². The summed E-state index contributed by atoms with van der Waals surface area (Å²) in [5.41, 5.74) is 1.14. The van der Waals surface area contributed by atoms with Crippen molar-refractivity contribution < 1.29 is 23.5 Å². The van der Waals surface area contributed by atoms with Gasteiger partial charge in [0.05, 0.1) is 18.7 Å². The first kappa shape index (κ1) is 22.9. The highest BCUT2D eigenvalue weighted by Gasteiger charge is 2.18. The minimum absolute atomic E-state index is 0.127. The second-order valence-electron chi connectivity index (χ2n) is 6.53. The van der Waals surface area contributed by atoms with Gasteiger partial charge in [0.25, 0.3) is 5.91 Å². The number of nitrogens with one attached hydrogen (secondary N) is 2. The predicted molar refractivity (Wildman–Crippen MR) is 111 cm³/mol. The van der Waals surface area contributed by atoms with Gasteiger partial charge in [-0.1, -0.05) is 13.8 Å². The quantitative estimate of drug-likeness (QED) is 0.574. The third kappa shape index (κ3) is 6.61. The van der Waals surface area contributed by atoms with Crippen LogP contribution in [0.1, 0.15) is 60.4 Å². The number of esters is 1. The van der Waals surface area contributed by atoms with E-state index in [1.54, 1.807) is 36.1 Å². The molecule has 0 atom stereocenters. The van der Waals surface area contributed by atoms with Gasteiger partial charge in [-0.2, -0.15) is 0 Å². The number of oxazole rings is 1. The van der Waals surface area contributed by atoms with Crippen LogP contribution < -0.4 is 10.6 Å². The summed E-state index contributed by atoms with van der Waals surface area (Å²) in [4.78, 5) is 42.1. The molecule has 2 aromatic rings. The van der Waals surface area contributed by atoms with Crippen molar-refractivity contribution in [1.29, 1.82) is 0 Å². The molecule has 0 aliphatic carbocycles. The molecular weight excluding hydrogens is 388 g/mol. The number of carbonyl (C=O) groups excluding carboxylic acids is 3. The average Bonchev–Trinajstić information content (AvgIpc) is 3.21. The fourth-order valence-electron chi connectivity index (χ4n) is 2.61. The fraction of sp³-hybridized carbons (Fsp3) is 0.429. The van der Waals surface area contributed by atoms with Crippen molar-refractivity contribution in [3.8, 4) is 0 Å². The van der Waals surface area contributed by atoms with E-state index in [9.17, 15) is 14.4 Å². The second kappa shape index (κ2) is 11.6. The Balaban J connectivity index is 2.00. The van der Waals surface area contributed by atoms with Crippen LogP contribution in [0.3, 0.4) is 0 Å². The molecule has 0 aliphatic heterocycles. The number of nitrogens with zero attached hydrogens (tertiary/aromatic N) is 2. The molecule has 162 valence electrons. The van der Waals surface area contributed by atoms with Crippen molar-refractivity contribution in [3.05, 3.63) is 47.7 Å². The maximum absolute atomic E-state index is 12.7. The molecule has 2 N–H and O–H groups in total. The lowest BCUT2D eigenvalue weighted by atomic mass is 10.2. The smallest absolute Gasteiger partial charge is 0.338 e. The summed E-state index contributed by atoms with van der Waals surface area (Å²) in [7, 11) is 0. The zero-order chi connectivity index (χ0) is 21.9. The summed E-state index contributed by atoms with van der Waals surface area (Å²) in [6.07, 6.45) is 2.85. The standard InChI is InChI=1S/C21H28N4O5/c1-4-11-22-19(26)17-14-30-18(24-17)13-25(12-5-2)21(28)23-16-9-7-15(8-10-16)20(27)29-6-3/h7-10,14H,4-6,11-13H2,1-3H3,(H,22,26)(H,23,28). The van der Waals surface area contributed by atoms with Crippen molar-refractivity contribution in [2.24, 2.45) is 0 Å². The van der Waals surface area contributed by atoms with Crippen LogP contribution >= 0.6 is 0 Å². The molecule has 2 rings (SSSR count). The molecule has 0 spiro atoms. The minimum Gasteiger partial charge on any atom is -0.462 e. The van der Waals surface area contributed by atoms with Crippen LogP contribution in [0.25, 0.3) is 0 Å². The number of benzene rings is 1. The van der Waals surface area contributed by atoms with Crippen LogP contribution in [0.15, 0.2) is 34.9 Å². The number of hydrogen-bond donors (Lipinski definition) is 2. The van der Waals surface area contributed by atoms with E-state index in [1.807, 2.05) is 13.8 Å². The van der Waals surface area contributed by atoms with Crippen molar-refractivity contribution in [2.45, 2.75) is 40.2 Å². The van der Waals surface area contributed by atoms with Gasteiger partial charge in [-0.25, -0.2) is 14.6 Å². The maximum atomic E-state index is 12.7. The summed E-state index contributed by atoms with van der Waals surface area (Å²) in [6.45, 7) is 7.11. The number of hydrogen-bond acceptors (Lipinski definition) is 6. The lowest BCUT2D eigenvalue weighted by Gasteiger charge is -2.21. The van der Waals surface area contributed by atoms with E-state index in [-0.39, 0.29) is 30.1 Å². The second-order valence-corrected chi connectivity index (χ2v) is 6.53. The van der Waals surface area contributed by atoms with E-state index in [2.05, 4.69) is 15.6 Å². The molecule has 0 saturated heterocycles. The Hall–Kier alpha value is -3.36. The number of carbonyl (C=O) groups is 3. The molecule has 0 unspecified atom stereocenters. The number of rotatable bonds is 10. The Morgan fingerprint density at radius 2 is 1.83 bits per heavy atom. The Kier molecular flexibility index (Phi) is 8.86. The summed E-state index contributed by atoms with van der Waals surface area (Å²) in [5.74, 6) is -0.441. The number of ether oxygens (including phenoxy) is 1. The lowest BCUT2D eigenvalue weighted by Crippen LogP contribution is -2.35. The molecule has 0 fully saturated rings. The van der Waals surface area contributed by atoms with E-state index in [1.165, 1.54) is 6.26 Å². The highest BCUT2D eigenvalue weighted by Crippen LogP contribution is 2.13. The molecule has 1 heterocycles. The van der Waals surface area contributed by atoms with Gasteiger partial charge in [0.15, 0.2) is 5.69 Å². The van der Waals surface area contributed by atoms with Crippen LogP contribution in [-0.2, 0) is 11.3 Å². The van der Waals surface area contributed by atoms with Crippen LogP contribution in [-0.4, -0.2) is 47.5 Å². The largest absolute Gasteiger partial charge is 0.462 e. The number of anilines is 1. The molecule has 1 aromatic heterocycles. The third-order valence-electron chi connectivity index (χ3n) is 4.07. The van der Waals surface area contributed by atoms with Crippen molar-refractivity contribution in [1.82, 2.24) is 15.2 Å². The first-order valence-corrected chi connectivity index (χ1v) is 10.0. The summed E-state index contributed by atoms with van der Waals surface area (Å²) >= 11 is 0. The van der Waals surface area contributed by atoms with Gasteiger partial charge < -0.3 is 24.7 Å². The van der Waals surface area contributed by atoms with E-state index in [0.717, 1.165) is 12.8 Å². The normalized spacial score (nSPS) is 10.4. The molecule has 3 amide bonds. The van der Waals surface area contributed by atoms with Crippen LogP contribution in [0.2, 0.25) is 0 Å². The minimum atomic E-state index is -0.411. The first-order chi connectivity index (χ1) is 14.5. The Labute approximate surface area is 175 Å². The Bertz CT molecular complexity index is 847. The topological polar surface area (TPSA) is 114 Å².